The number of imidazole rings is 1. The van der Waals surface area contributed by atoms with E-state index in [0.29, 0.717) is 6.54 Å². The molecule has 0 bridgehead atoms. The highest BCUT2D eigenvalue weighted by atomic mass is 35.5. The predicted octanol–water partition coefficient (Wildman–Crippen LogP) is 3.82. The topological polar surface area (TPSA) is 43.3 Å². The van der Waals surface area contributed by atoms with Gasteiger partial charge in [-0.25, -0.2) is 4.98 Å². The zero-order chi connectivity index (χ0) is 13.5. The number of fused-ring (bicyclic) bond motifs is 3. The first kappa shape index (κ1) is 14.6. The first-order valence-corrected chi connectivity index (χ1v) is 7.96. The van der Waals surface area contributed by atoms with E-state index in [1.165, 1.54) is 41.8 Å². The van der Waals surface area contributed by atoms with E-state index in [1.807, 2.05) is 11.3 Å². The van der Waals surface area contributed by atoms with Crippen molar-refractivity contribution >= 4 is 28.7 Å². The number of hydrogen-bond acceptors (Lipinski definition) is 3. The third kappa shape index (κ3) is 2.48. The zero-order valence-corrected chi connectivity index (χ0v) is 13.3. The molecule has 1 aromatic carbocycles. The van der Waals surface area contributed by atoms with Gasteiger partial charge in [0, 0.05) is 28.9 Å². The van der Waals surface area contributed by atoms with E-state index < -0.39 is 0 Å². The lowest BCUT2D eigenvalue weighted by molar-refractivity contribution is 0.674. The van der Waals surface area contributed by atoms with E-state index >= 15 is 0 Å². The molecule has 0 atom stereocenters. The van der Waals surface area contributed by atoms with Gasteiger partial charge in [0.2, 0.25) is 0 Å². The molecule has 2 heterocycles. The van der Waals surface area contributed by atoms with Crippen molar-refractivity contribution in [1.82, 2.24) is 9.38 Å². The second kappa shape index (κ2) is 5.79. The summed E-state index contributed by atoms with van der Waals surface area (Å²) in [6.45, 7) is 0.589. The summed E-state index contributed by atoms with van der Waals surface area (Å²) in [7, 11) is 0. The molecule has 4 rings (SSSR count). The van der Waals surface area contributed by atoms with Crippen LogP contribution in [0.15, 0.2) is 30.5 Å². The van der Waals surface area contributed by atoms with Crippen LogP contribution in [0.5, 0.6) is 0 Å². The smallest absolute Gasteiger partial charge is 0.194 e. The zero-order valence-electron chi connectivity index (χ0n) is 11.7. The van der Waals surface area contributed by atoms with Crippen LogP contribution in [0.4, 0.5) is 0 Å². The summed E-state index contributed by atoms with van der Waals surface area (Å²) in [5, 5.41) is 0. The molecule has 0 saturated heterocycles. The fourth-order valence-electron chi connectivity index (χ4n) is 2.92. The average Bonchev–Trinajstić information content (AvgIpc) is 3.05. The van der Waals surface area contributed by atoms with Crippen LogP contribution in [0, 0.1) is 0 Å². The Hall–Kier alpha value is -1.36. The average molecular weight is 320 g/mol. The Morgan fingerprint density at radius 2 is 1.90 bits per heavy atom. The predicted molar refractivity (Wildman–Crippen MR) is 90.3 cm³/mol. The van der Waals surface area contributed by atoms with Gasteiger partial charge >= 0.3 is 0 Å². The highest BCUT2D eigenvalue weighted by molar-refractivity contribution is 7.17. The van der Waals surface area contributed by atoms with Crippen LogP contribution in [-0.4, -0.2) is 9.38 Å². The van der Waals surface area contributed by atoms with Crippen molar-refractivity contribution in [2.24, 2.45) is 5.73 Å². The van der Waals surface area contributed by atoms with Crippen LogP contribution in [0.3, 0.4) is 0 Å². The van der Waals surface area contributed by atoms with Gasteiger partial charge in [0.25, 0.3) is 0 Å². The van der Waals surface area contributed by atoms with Crippen molar-refractivity contribution in [3.63, 3.8) is 0 Å². The Balaban J connectivity index is 0.00000132. The molecule has 1 aliphatic carbocycles. The molecule has 2 aromatic heterocycles. The van der Waals surface area contributed by atoms with E-state index in [0.717, 1.165) is 16.2 Å². The van der Waals surface area contributed by atoms with Gasteiger partial charge in [-0.15, -0.1) is 23.7 Å². The molecule has 5 heteroatoms. The van der Waals surface area contributed by atoms with Crippen molar-refractivity contribution in [2.45, 2.75) is 32.2 Å². The number of nitrogens with zero attached hydrogens (tertiary/aromatic N) is 2. The van der Waals surface area contributed by atoms with E-state index in [9.17, 15) is 0 Å². The molecule has 1 aliphatic rings. The summed E-state index contributed by atoms with van der Waals surface area (Å²) >= 11 is 1.85. The van der Waals surface area contributed by atoms with Crippen molar-refractivity contribution in [3.8, 4) is 11.3 Å². The molecule has 21 heavy (non-hydrogen) atoms. The number of aromatic nitrogens is 2. The van der Waals surface area contributed by atoms with Gasteiger partial charge in [0.1, 0.15) is 0 Å². The highest BCUT2D eigenvalue weighted by Crippen LogP contribution is 2.32. The van der Waals surface area contributed by atoms with Crippen LogP contribution in [0.25, 0.3) is 16.2 Å². The Bertz CT molecular complexity index is 758. The van der Waals surface area contributed by atoms with Crippen molar-refractivity contribution < 1.29 is 0 Å². The number of hydrogen-bond donors (Lipinski definition) is 1. The maximum atomic E-state index is 5.64. The van der Waals surface area contributed by atoms with E-state index in [1.54, 1.807) is 0 Å². The summed E-state index contributed by atoms with van der Waals surface area (Å²) < 4.78 is 2.30. The normalized spacial score (nSPS) is 14.0. The van der Waals surface area contributed by atoms with Gasteiger partial charge in [0.05, 0.1) is 5.69 Å². The molecule has 3 aromatic rings. The number of aryl methyl sites for hydroxylation is 2. The first-order chi connectivity index (χ1) is 9.85. The van der Waals surface area contributed by atoms with Crippen LogP contribution in [0.1, 0.15) is 29.0 Å². The lowest BCUT2D eigenvalue weighted by Crippen LogP contribution is -2.01. The van der Waals surface area contributed by atoms with E-state index in [-0.39, 0.29) is 12.4 Å². The number of thiazole rings is 1. The number of benzene rings is 1. The molecule has 0 spiro atoms. The van der Waals surface area contributed by atoms with Gasteiger partial charge in [-0.2, -0.15) is 0 Å². The number of halogens is 1. The molecule has 0 radical (unpaired) electrons. The Morgan fingerprint density at radius 3 is 2.67 bits per heavy atom. The summed E-state index contributed by atoms with van der Waals surface area (Å²) in [5.74, 6) is 0. The molecular formula is C16H18ClN3S. The highest BCUT2D eigenvalue weighted by Gasteiger charge is 2.18. The third-order valence-corrected chi connectivity index (χ3v) is 5.21. The van der Waals surface area contributed by atoms with Crippen LogP contribution in [-0.2, 0) is 19.4 Å². The minimum Gasteiger partial charge on any atom is -0.326 e. The fourth-order valence-corrected chi connectivity index (χ4v) is 4.11. The fraction of sp³-hybridized carbons (Fsp3) is 0.312. The lowest BCUT2D eigenvalue weighted by atomic mass is 10.0. The van der Waals surface area contributed by atoms with Gasteiger partial charge in [-0.1, -0.05) is 24.3 Å². The molecule has 0 saturated carbocycles. The number of rotatable bonds is 2. The molecule has 0 unspecified atom stereocenters. The molecule has 0 aliphatic heterocycles. The largest absolute Gasteiger partial charge is 0.326 e. The van der Waals surface area contributed by atoms with Gasteiger partial charge in [-0.05, 0) is 31.2 Å². The standard InChI is InChI=1S/C16H17N3S.ClH/c17-9-11-5-7-12(8-6-11)13-10-19-14-3-1-2-4-15(14)20-16(19)18-13;/h5-8,10H,1-4,9,17H2;1H. The summed E-state index contributed by atoms with van der Waals surface area (Å²) in [5.41, 5.74) is 10.5. The summed E-state index contributed by atoms with van der Waals surface area (Å²) in [4.78, 5) is 7.46. The Morgan fingerprint density at radius 1 is 1.14 bits per heavy atom. The van der Waals surface area contributed by atoms with Crippen molar-refractivity contribution in [3.05, 3.63) is 46.6 Å². The second-order valence-corrected chi connectivity index (χ2v) is 6.42. The SMILES string of the molecule is Cl.NCc1ccc(-c2cn3c4c(sc3n2)CCCC4)cc1. The van der Waals surface area contributed by atoms with Crippen LogP contribution < -0.4 is 5.73 Å². The van der Waals surface area contributed by atoms with Crippen LogP contribution in [0.2, 0.25) is 0 Å². The summed E-state index contributed by atoms with van der Waals surface area (Å²) in [6.07, 6.45) is 7.23. The van der Waals surface area contributed by atoms with E-state index in [2.05, 4.69) is 34.9 Å². The molecule has 3 nitrogen and oxygen atoms in total. The Kier molecular flexibility index (Phi) is 4.02. The molecule has 0 fully saturated rings. The monoisotopic (exact) mass is 319 g/mol. The summed E-state index contributed by atoms with van der Waals surface area (Å²) in [6, 6.07) is 8.39. The molecule has 110 valence electrons. The molecule has 0 amide bonds. The molecular weight excluding hydrogens is 302 g/mol. The minimum atomic E-state index is 0. The third-order valence-electron chi connectivity index (χ3n) is 4.05. The van der Waals surface area contributed by atoms with Crippen LogP contribution >= 0.6 is 23.7 Å². The first-order valence-electron chi connectivity index (χ1n) is 7.14. The van der Waals surface area contributed by atoms with E-state index in [4.69, 9.17) is 10.7 Å². The van der Waals surface area contributed by atoms with Gasteiger partial charge in [-0.3, -0.25) is 4.40 Å². The van der Waals surface area contributed by atoms with Gasteiger partial charge < -0.3 is 5.73 Å². The maximum Gasteiger partial charge on any atom is 0.194 e. The minimum absolute atomic E-state index is 0. The second-order valence-electron chi connectivity index (χ2n) is 5.36. The lowest BCUT2D eigenvalue weighted by Gasteiger charge is -2.09. The number of nitrogens with two attached hydrogens (primary N) is 1. The van der Waals surface area contributed by atoms with Crippen molar-refractivity contribution in [1.29, 1.82) is 0 Å². The molecule has 2 N–H and O–H groups in total. The van der Waals surface area contributed by atoms with Gasteiger partial charge in [0.15, 0.2) is 4.96 Å². The Labute approximate surface area is 134 Å². The maximum absolute atomic E-state index is 5.64. The quantitative estimate of drug-likeness (QED) is 0.780. The van der Waals surface area contributed by atoms with Crippen molar-refractivity contribution in [2.75, 3.05) is 0 Å².